The normalized spacial score (nSPS) is 44.5. The molecule has 0 aromatic rings. The van der Waals surface area contributed by atoms with E-state index in [0.29, 0.717) is 6.61 Å². The van der Waals surface area contributed by atoms with Gasteiger partial charge >= 0.3 is 7.60 Å². The van der Waals surface area contributed by atoms with Crippen LogP contribution in [-0.4, -0.2) is 39.2 Å². The second-order valence-corrected chi connectivity index (χ2v) is 7.35. The van der Waals surface area contributed by atoms with Crippen molar-refractivity contribution in [3.05, 3.63) is 0 Å². The van der Waals surface area contributed by atoms with Crippen molar-refractivity contribution in [2.24, 2.45) is 11.3 Å². The molecule has 0 spiro atoms. The number of hydrogen-bond donors (Lipinski definition) is 1. The Hall–Kier alpha value is 0.175. The Morgan fingerprint density at radius 2 is 2.12 bits per heavy atom. The molecule has 96 valence electrons. The number of hydrogen-bond acceptors (Lipinski definition) is 3. The Balaban J connectivity index is 2.22. The summed E-state index contributed by atoms with van der Waals surface area (Å²) in [5.41, 5.74) is -0.107. The van der Waals surface area contributed by atoms with Crippen LogP contribution in [0.2, 0.25) is 5.82 Å². The number of methoxy groups -OCH3 is 1. The first kappa shape index (κ1) is 13.6. The molecule has 2 aliphatic rings. The summed E-state index contributed by atoms with van der Waals surface area (Å²) in [7, 11) is 4.28. The van der Waals surface area contributed by atoms with E-state index in [2.05, 4.69) is 0 Å². The molecule has 3 unspecified atom stereocenters. The molecule has 0 saturated heterocycles. The maximum atomic E-state index is 11.5. The van der Waals surface area contributed by atoms with Gasteiger partial charge in [0.15, 0.2) is 0 Å². The highest BCUT2D eigenvalue weighted by molar-refractivity contribution is 7.51. The van der Waals surface area contributed by atoms with Crippen molar-refractivity contribution in [3.63, 3.8) is 0 Å². The first-order valence-corrected chi connectivity index (χ1v) is 8.14. The van der Waals surface area contributed by atoms with Crippen molar-refractivity contribution >= 4 is 15.4 Å². The van der Waals surface area contributed by atoms with Crippen LogP contribution in [0.5, 0.6) is 0 Å². The molecule has 2 aliphatic carbocycles. The minimum atomic E-state index is -3.47. The lowest BCUT2D eigenvalue weighted by atomic mass is 9.63. The molecule has 2 radical (unpaired) electrons. The summed E-state index contributed by atoms with van der Waals surface area (Å²) in [5, 5.41) is 0. The van der Waals surface area contributed by atoms with E-state index < -0.39 is 7.60 Å². The van der Waals surface area contributed by atoms with Crippen LogP contribution >= 0.6 is 7.60 Å². The van der Waals surface area contributed by atoms with Gasteiger partial charge in [0.1, 0.15) is 0 Å². The highest BCUT2D eigenvalue weighted by Gasteiger charge is 2.55. The second kappa shape index (κ2) is 4.69. The van der Waals surface area contributed by atoms with Crippen LogP contribution in [0.15, 0.2) is 0 Å². The lowest BCUT2D eigenvalue weighted by molar-refractivity contribution is -0.0404. The van der Waals surface area contributed by atoms with Gasteiger partial charge in [0.25, 0.3) is 0 Å². The van der Waals surface area contributed by atoms with Crippen LogP contribution in [0, 0.1) is 11.3 Å². The van der Waals surface area contributed by atoms with E-state index in [-0.39, 0.29) is 23.3 Å². The third-order valence-corrected chi connectivity index (χ3v) is 4.85. The number of rotatable bonds is 4. The fourth-order valence-electron chi connectivity index (χ4n) is 3.49. The van der Waals surface area contributed by atoms with Crippen molar-refractivity contribution in [2.75, 3.05) is 20.4 Å². The van der Waals surface area contributed by atoms with Gasteiger partial charge in [-0.1, -0.05) is 12.2 Å². The van der Waals surface area contributed by atoms with Crippen molar-refractivity contribution in [1.82, 2.24) is 0 Å². The Morgan fingerprint density at radius 3 is 2.71 bits per heavy atom. The zero-order chi connectivity index (χ0) is 12.7. The van der Waals surface area contributed by atoms with Crippen molar-refractivity contribution < 1.29 is 18.7 Å². The summed E-state index contributed by atoms with van der Waals surface area (Å²) >= 11 is 0. The summed E-state index contributed by atoms with van der Waals surface area (Å²) in [6.07, 6.45) is 3.59. The fourth-order valence-corrected chi connectivity index (χ4v) is 4.29. The molecule has 0 amide bonds. The van der Waals surface area contributed by atoms with E-state index in [1.54, 1.807) is 7.11 Å². The molecule has 6 heteroatoms. The molecule has 2 bridgehead atoms. The average molecular weight is 258 g/mol. The van der Waals surface area contributed by atoms with Gasteiger partial charge in [0.2, 0.25) is 0 Å². The van der Waals surface area contributed by atoms with E-state index in [4.69, 9.17) is 17.1 Å². The summed E-state index contributed by atoms with van der Waals surface area (Å²) < 4.78 is 22.2. The minimum absolute atomic E-state index is 0.0824. The Labute approximate surface area is 104 Å². The van der Waals surface area contributed by atoms with Crippen molar-refractivity contribution in [3.8, 4) is 0 Å². The van der Waals surface area contributed by atoms with Gasteiger partial charge in [-0.15, -0.1) is 0 Å². The molecule has 5 atom stereocenters. The summed E-state index contributed by atoms with van der Waals surface area (Å²) in [4.78, 5) is 9.45. The minimum Gasteiger partial charge on any atom is -0.384 e. The average Bonchev–Trinajstić information content (AvgIpc) is 2.43. The SMILES string of the molecule is [B][C@@H]1CC[C@@]2(COC)CCC1C2OP(C)(=O)O. The van der Waals surface area contributed by atoms with Gasteiger partial charge in [-0.05, 0) is 25.2 Å². The molecule has 0 aromatic heterocycles. The lowest BCUT2D eigenvalue weighted by Gasteiger charge is -2.43. The van der Waals surface area contributed by atoms with E-state index in [0.717, 1.165) is 25.7 Å². The number of fused-ring (bicyclic) bond motifs is 2. The van der Waals surface area contributed by atoms with Crippen LogP contribution in [0.25, 0.3) is 0 Å². The Morgan fingerprint density at radius 1 is 1.47 bits per heavy atom. The predicted octanol–water partition coefficient (Wildman–Crippen LogP) is 1.98. The van der Waals surface area contributed by atoms with Crippen LogP contribution < -0.4 is 0 Å². The van der Waals surface area contributed by atoms with Crippen LogP contribution in [0.4, 0.5) is 0 Å². The zero-order valence-electron chi connectivity index (χ0n) is 10.5. The smallest absolute Gasteiger partial charge is 0.325 e. The molecular weight excluding hydrogens is 238 g/mol. The van der Waals surface area contributed by atoms with E-state index in [1.165, 1.54) is 6.66 Å². The molecule has 0 heterocycles. The van der Waals surface area contributed by atoms with Gasteiger partial charge in [-0.25, -0.2) is 0 Å². The van der Waals surface area contributed by atoms with Gasteiger partial charge in [0, 0.05) is 19.2 Å². The molecule has 1 N–H and O–H groups in total. The van der Waals surface area contributed by atoms with Gasteiger partial charge < -0.3 is 14.2 Å². The van der Waals surface area contributed by atoms with Crippen molar-refractivity contribution in [2.45, 2.75) is 37.6 Å². The standard InChI is InChI=1S/C11H20BO4P/c1-15-7-11-5-3-8(9(12)4-6-11)10(11)16-17(2,13)14/h8-10H,3-7H2,1-2H3,(H,13,14)/t8?,9-,10?,11-/m1/s1. The van der Waals surface area contributed by atoms with Gasteiger partial charge in [-0.3, -0.25) is 4.57 Å². The second-order valence-electron chi connectivity index (χ2n) is 5.53. The van der Waals surface area contributed by atoms with E-state index in [1.807, 2.05) is 0 Å². The van der Waals surface area contributed by atoms with Crippen LogP contribution in [-0.2, 0) is 13.8 Å². The highest BCUT2D eigenvalue weighted by atomic mass is 31.2. The summed E-state index contributed by atoms with van der Waals surface area (Å²) in [6, 6.07) is 0. The first-order valence-electron chi connectivity index (χ1n) is 6.11. The summed E-state index contributed by atoms with van der Waals surface area (Å²) in [6.45, 7) is 1.83. The molecule has 4 nitrogen and oxygen atoms in total. The highest BCUT2D eigenvalue weighted by Crippen LogP contribution is 2.60. The quantitative estimate of drug-likeness (QED) is 0.618. The van der Waals surface area contributed by atoms with Crippen LogP contribution in [0.1, 0.15) is 25.7 Å². The maximum Gasteiger partial charge on any atom is 0.325 e. The maximum absolute atomic E-state index is 11.5. The molecule has 17 heavy (non-hydrogen) atoms. The van der Waals surface area contributed by atoms with Crippen molar-refractivity contribution in [1.29, 1.82) is 0 Å². The summed E-state index contributed by atoms with van der Waals surface area (Å²) in [5.74, 6) is 0.276. The number of ether oxygens (including phenoxy) is 1. The topological polar surface area (TPSA) is 55.8 Å². The lowest BCUT2D eigenvalue weighted by Crippen LogP contribution is -2.43. The van der Waals surface area contributed by atoms with Crippen LogP contribution in [0.3, 0.4) is 0 Å². The van der Waals surface area contributed by atoms with Gasteiger partial charge in [0.05, 0.1) is 20.6 Å². The molecule has 2 fully saturated rings. The Kier molecular flexibility index (Phi) is 3.75. The van der Waals surface area contributed by atoms with E-state index >= 15 is 0 Å². The molecule has 0 aromatic carbocycles. The fraction of sp³-hybridized carbons (Fsp3) is 1.00. The Bertz CT molecular complexity index is 331. The largest absolute Gasteiger partial charge is 0.384 e. The molecular formula is C11H20BO4P. The monoisotopic (exact) mass is 258 g/mol. The predicted molar refractivity (Wildman–Crippen MR) is 66.4 cm³/mol. The molecule has 2 saturated carbocycles. The molecule has 0 aliphatic heterocycles. The third kappa shape index (κ3) is 2.63. The third-order valence-electron chi connectivity index (χ3n) is 4.23. The first-order chi connectivity index (χ1) is 7.88. The van der Waals surface area contributed by atoms with E-state index in [9.17, 15) is 9.46 Å². The van der Waals surface area contributed by atoms with Gasteiger partial charge in [-0.2, -0.15) is 0 Å². The molecule has 2 rings (SSSR count). The zero-order valence-corrected chi connectivity index (χ0v) is 11.4.